The van der Waals surface area contributed by atoms with Crippen molar-refractivity contribution in [3.63, 3.8) is 0 Å². The third kappa shape index (κ3) is 4.47. The molecule has 0 aliphatic carbocycles. The molecule has 0 aromatic heterocycles. The van der Waals surface area contributed by atoms with Gasteiger partial charge in [0.15, 0.2) is 0 Å². The van der Waals surface area contributed by atoms with Crippen LogP contribution in [0.2, 0.25) is 0 Å². The monoisotopic (exact) mass is 229 g/mol. The minimum atomic E-state index is -0.254. The maximum Gasteiger partial charge on any atom is 0.236 e. The van der Waals surface area contributed by atoms with Crippen molar-refractivity contribution in [2.45, 2.75) is 19.9 Å². The summed E-state index contributed by atoms with van der Waals surface area (Å²) in [6.45, 7) is 8.89. The van der Waals surface area contributed by atoms with Gasteiger partial charge in [0.05, 0.1) is 6.61 Å². The molecule has 0 saturated carbocycles. The number of hydrogen-bond donors (Lipinski definition) is 2. The Morgan fingerprint density at radius 3 is 3.00 bits per heavy atom. The molecular formula is C11H23N3O2. The van der Waals surface area contributed by atoms with Gasteiger partial charge in [-0.1, -0.05) is 13.8 Å². The van der Waals surface area contributed by atoms with Gasteiger partial charge in [-0.3, -0.25) is 9.69 Å². The Labute approximate surface area is 97.3 Å². The van der Waals surface area contributed by atoms with E-state index in [0.717, 1.165) is 26.2 Å². The normalized spacial score (nSPS) is 22.6. The molecule has 1 heterocycles. The SMILES string of the molecule is CC(C)COCCN1CCNCC1C(N)=O. The zero-order chi connectivity index (χ0) is 12.0. The van der Waals surface area contributed by atoms with Crippen molar-refractivity contribution in [1.29, 1.82) is 0 Å². The number of hydrogen-bond acceptors (Lipinski definition) is 4. The summed E-state index contributed by atoms with van der Waals surface area (Å²) < 4.78 is 5.51. The number of carbonyl (C=O) groups excluding carboxylic acids is 1. The molecule has 0 spiro atoms. The third-order valence-corrected chi connectivity index (χ3v) is 2.66. The minimum Gasteiger partial charge on any atom is -0.380 e. The molecule has 3 N–H and O–H groups in total. The summed E-state index contributed by atoms with van der Waals surface area (Å²) in [4.78, 5) is 13.3. The van der Waals surface area contributed by atoms with Crippen molar-refractivity contribution in [2.24, 2.45) is 11.7 Å². The molecule has 0 radical (unpaired) electrons. The first-order chi connectivity index (χ1) is 7.61. The molecule has 1 atom stereocenters. The van der Waals surface area contributed by atoms with Crippen LogP contribution in [0.1, 0.15) is 13.8 Å². The van der Waals surface area contributed by atoms with Gasteiger partial charge in [0.1, 0.15) is 6.04 Å². The zero-order valence-electron chi connectivity index (χ0n) is 10.2. The van der Waals surface area contributed by atoms with Crippen LogP contribution in [0, 0.1) is 5.92 Å². The first-order valence-corrected chi connectivity index (χ1v) is 5.93. The highest BCUT2D eigenvalue weighted by Crippen LogP contribution is 2.02. The largest absolute Gasteiger partial charge is 0.380 e. The Balaban J connectivity index is 2.24. The van der Waals surface area contributed by atoms with Gasteiger partial charge in [0, 0.05) is 32.8 Å². The zero-order valence-corrected chi connectivity index (χ0v) is 10.2. The maximum atomic E-state index is 11.2. The summed E-state index contributed by atoms with van der Waals surface area (Å²) in [5.41, 5.74) is 5.35. The van der Waals surface area contributed by atoms with Crippen molar-refractivity contribution in [3.05, 3.63) is 0 Å². The highest BCUT2D eigenvalue weighted by Gasteiger charge is 2.25. The lowest BCUT2D eigenvalue weighted by Gasteiger charge is -2.33. The van der Waals surface area contributed by atoms with Crippen molar-refractivity contribution in [3.8, 4) is 0 Å². The van der Waals surface area contributed by atoms with Gasteiger partial charge in [-0.25, -0.2) is 0 Å². The average molecular weight is 229 g/mol. The van der Waals surface area contributed by atoms with E-state index < -0.39 is 0 Å². The van der Waals surface area contributed by atoms with E-state index in [1.54, 1.807) is 0 Å². The Morgan fingerprint density at radius 1 is 1.62 bits per heavy atom. The standard InChI is InChI=1S/C11H23N3O2/c1-9(2)8-16-6-5-14-4-3-13-7-10(14)11(12)15/h9-10,13H,3-8H2,1-2H3,(H2,12,15). The lowest BCUT2D eigenvalue weighted by atomic mass is 10.2. The molecule has 1 aliphatic rings. The average Bonchev–Trinajstić information content (AvgIpc) is 2.24. The number of ether oxygens (including phenoxy) is 1. The van der Waals surface area contributed by atoms with Crippen molar-refractivity contribution in [2.75, 3.05) is 39.4 Å². The summed E-state index contributed by atoms with van der Waals surface area (Å²) in [6.07, 6.45) is 0. The molecule has 0 bridgehead atoms. The number of amides is 1. The van der Waals surface area contributed by atoms with Crippen molar-refractivity contribution in [1.82, 2.24) is 10.2 Å². The van der Waals surface area contributed by atoms with E-state index >= 15 is 0 Å². The molecule has 1 rings (SSSR count). The number of nitrogens with one attached hydrogen (secondary N) is 1. The van der Waals surface area contributed by atoms with Gasteiger partial charge >= 0.3 is 0 Å². The lowest BCUT2D eigenvalue weighted by Crippen LogP contribution is -2.57. The fraction of sp³-hybridized carbons (Fsp3) is 0.909. The van der Waals surface area contributed by atoms with E-state index in [2.05, 4.69) is 24.1 Å². The van der Waals surface area contributed by atoms with Crippen LogP contribution in [-0.4, -0.2) is 56.2 Å². The topological polar surface area (TPSA) is 67.6 Å². The summed E-state index contributed by atoms with van der Waals surface area (Å²) in [7, 11) is 0. The first kappa shape index (κ1) is 13.4. The summed E-state index contributed by atoms with van der Waals surface area (Å²) in [5, 5.41) is 3.17. The molecule has 5 nitrogen and oxygen atoms in total. The summed E-state index contributed by atoms with van der Waals surface area (Å²) in [5.74, 6) is 0.297. The Morgan fingerprint density at radius 2 is 2.38 bits per heavy atom. The second-order valence-corrected chi connectivity index (χ2v) is 4.63. The van der Waals surface area contributed by atoms with Crippen molar-refractivity contribution < 1.29 is 9.53 Å². The van der Waals surface area contributed by atoms with Crippen LogP contribution in [0.4, 0.5) is 0 Å². The van der Waals surface area contributed by atoms with E-state index in [-0.39, 0.29) is 11.9 Å². The molecule has 16 heavy (non-hydrogen) atoms. The van der Waals surface area contributed by atoms with Gasteiger partial charge in [-0.2, -0.15) is 0 Å². The van der Waals surface area contributed by atoms with E-state index in [1.165, 1.54) is 0 Å². The van der Waals surface area contributed by atoms with E-state index in [9.17, 15) is 4.79 Å². The molecule has 1 fully saturated rings. The van der Waals surface area contributed by atoms with Crippen LogP contribution in [-0.2, 0) is 9.53 Å². The predicted octanol–water partition coefficient (Wildman–Crippen LogP) is -0.582. The Hall–Kier alpha value is -0.650. The maximum absolute atomic E-state index is 11.2. The summed E-state index contributed by atoms with van der Waals surface area (Å²) >= 11 is 0. The van der Waals surface area contributed by atoms with E-state index in [1.807, 2.05) is 0 Å². The van der Waals surface area contributed by atoms with Gasteiger partial charge in [-0.05, 0) is 5.92 Å². The second-order valence-electron chi connectivity index (χ2n) is 4.63. The molecule has 1 unspecified atom stereocenters. The molecule has 94 valence electrons. The van der Waals surface area contributed by atoms with Crippen LogP contribution in [0.15, 0.2) is 0 Å². The van der Waals surface area contributed by atoms with Gasteiger partial charge in [0.25, 0.3) is 0 Å². The number of nitrogens with zero attached hydrogens (tertiary/aromatic N) is 1. The summed E-state index contributed by atoms with van der Waals surface area (Å²) in [6, 6.07) is -0.184. The quantitative estimate of drug-likeness (QED) is 0.598. The number of carbonyl (C=O) groups is 1. The molecule has 1 amide bonds. The van der Waals surface area contributed by atoms with Crippen LogP contribution in [0.3, 0.4) is 0 Å². The van der Waals surface area contributed by atoms with Crippen LogP contribution >= 0.6 is 0 Å². The molecule has 0 aromatic rings. The van der Waals surface area contributed by atoms with E-state index in [0.29, 0.717) is 19.1 Å². The number of rotatable bonds is 6. The fourth-order valence-corrected chi connectivity index (χ4v) is 1.80. The molecular weight excluding hydrogens is 206 g/mol. The van der Waals surface area contributed by atoms with Gasteiger partial charge in [0.2, 0.25) is 5.91 Å². The van der Waals surface area contributed by atoms with E-state index in [4.69, 9.17) is 10.5 Å². The van der Waals surface area contributed by atoms with Gasteiger partial charge < -0.3 is 15.8 Å². The van der Waals surface area contributed by atoms with Crippen molar-refractivity contribution >= 4 is 5.91 Å². The molecule has 5 heteroatoms. The van der Waals surface area contributed by atoms with Crippen LogP contribution in [0.25, 0.3) is 0 Å². The molecule has 1 aliphatic heterocycles. The first-order valence-electron chi connectivity index (χ1n) is 5.93. The Kier molecular flexibility index (Phi) is 5.73. The minimum absolute atomic E-state index is 0.184. The number of nitrogens with two attached hydrogens (primary N) is 1. The number of primary amides is 1. The van der Waals surface area contributed by atoms with Crippen LogP contribution < -0.4 is 11.1 Å². The molecule has 1 saturated heterocycles. The predicted molar refractivity (Wildman–Crippen MR) is 63.1 cm³/mol. The Bertz CT molecular complexity index is 221. The van der Waals surface area contributed by atoms with Crippen LogP contribution in [0.5, 0.6) is 0 Å². The second kappa shape index (κ2) is 6.83. The highest BCUT2D eigenvalue weighted by atomic mass is 16.5. The lowest BCUT2D eigenvalue weighted by molar-refractivity contribution is -0.124. The fourth-order valence-electron chi connectivity index (χ4n) is 1.80. The smallest absolute Gasteiger partial charge is 0.236 e. The number of piperazine rings is 1. The third-order valence-electron chi connectivity index (χ3n) is 2.66. The van der Waals surface area contributed by atoms with Gasteiger partial charge in [-0.15, -0.1) is 0 Å². The highest BCUT2D eigenvalue weighted by molar-refractivity contribution is 5.80. The molecule has 0 aromatic carbocycles.